The zero-order valence-electron chi connectivity index (χ0n) is 14.7. The Kier molecular flexibility index (Phi) is 3.59. The summed E-state index contributed by atoms with van der Waals surface area (Å²) in [5.74, 6) is -1.84. The molecular weight excluding hydrogens is 374 g/mol. The molecule has 0 aliphatic carbocycles. The zero-order chi connectivity index (χ0) is 18.8. The number of urea groups is 1. The second-order valence-corrected chi connectivity index (χ2v) is 8.13. The van der Waals surface area contributed by atoms with Crippen LogP contribution in [0.5, 0.6) is 5.75 Å². The van der Waals surface area contributed by atoms with Crippen molar-refractivity contribution in [3.8, 4) is 5.75 Å². The topological polar surface area (TPSA) is 57.7 Å². The van der Waals surface area contributed by atoms with E-state index in [0.717, 1.165) is 28.0 Å². The monoisotopic (exact) mass is 392 g/mol. The van der Waals surface area contributed by atoms with Crippen LogP contribution in [0.4, 0.5) is 18.7 Å². The van der Waals surface area contributed by atoms with Crippen molar-refractivity contribution in [3.05, 3.63) is 29.6 Å². The lowest BCUT2D eigenvalue weighted by Crippen LogP contribution is -2.28. The number of alkyl halides is 2. The molecule has 1 N–H and O–H groups in total. The van der Waals surface area contributed by atoms with Crippen molar-refractivity contribution in [1.82, 2.24) is 15.2 Å². The summed E-state index contributed by atoms with van der Waals surface area (Å²) in [5, 5.41) is 3.40. The number of ether oxygens (including phenoxy) is 1. The third-order valence-corrected chi connectivity index (χ3v) is 6.18. The molecule has 3 aliphatic rings. The summed E-state index contributed by atoms with van der Waals surface area (Å²) in [6.45, 7) is 2.43. The van der Waals surface area contributed by atoms with Crippen LogP contribution in [0, 0.1) is 0 Å². The van der Waals surface area contributed by atoms with Gasteiger partial charge < -0.3 is 15.0 Å². The number of likely N-dealkylation sites (tertiary alicyclic amines) is 1. The number of thiazole rings is 1. The number of fused-ring (bicyclic) bond motifs is 3. The molecular formula is C18H18F2N4O2S. The average Bonchev–Trinajstić information content (AvgIpc) is 3.34. The number of anilines is 1. The van der Waals surface area contributed by atoms with Crippen molar-refractivity contribution >= 4 is 32.7 Å². The molecule has 1 atom stereocenters. The van der Waals surface area contributed by atoms with E-state index in [-0.39, 0.29) is 31.6 Å². The van der Waals surface area contributed by atoms with E-state index >= 15 is 0 Å². The molecule has 5 rings (SSSR count). The van der Waals surface area contributed by atoms with Gasteiger partial charge in [0.05, 0.1) is 35.1 Å². The van der Waals surface area contributed by atoms with Crippen LogP contribution in [0.25, 0.3) is 10.2 Å². The van der Waals surface area contributed by atoms with Gasteiger partial charge in [0.1, 0.15) is 5.75 Å². The lowest BCUT2D eigenvalue weighted by Gasteiger charge is -2.19. The Balaban J connectivity index is 1.54. The molecule has 1 aromatic heterocycles. The molecule has 4 heterocycles. The van der Waals surface area contributed by atoms with Gasteiger partial charge in [-0.1, -0.05) is 11.3 Å². The van der Waals surface area contributed by atoms with Crippen molar-refractivity contribution in [3.63, 3.8) is 0 Å². The Hall–Kier alpha value is -2.42. The fraction of sp³-hybridized carbons (Fsp3) is 0.444. The van der Waals surface area contributed by atoms with Crippen LogP contribution >= 0.6 is 11.3 Å². The van der Waals surface area contributed by atoms with Gasteiger partial charge in [-0.15, -0.1) is 0 Å². The molecule has 142 valence electrons. The Morgan fingerprint density at radius 1 is 1.44 bits per heavy atom. The molecule has 0 bridgehead atoms. The van der Waals surface area contributed by atoms with Crippen molar-refractivity contribution < 1.29 is 18.3 Å². The number of nitrogens with zero attached hydrogens (tertiary/aromatic N) is 3. The molecule has 1 aromatic carbocycles. The van der Waals surface area contributed by atoms with Gasteiger partial charge in [-0.2, -0.15) is 0 Å². The minimum atomic E-state index is -2.68. The number of halogens is 2. The third-order valence-electron chi connectivity index (χ3n) is 5.17. The first kappa shape index (κ1) is 16.7. The number of hydrogen-bond donors (Lipinski definition) is 1. The number of carbonyl (C=O) groups is 1. The average molecular weight is 392 g/mol. The molecule has 0 radical (unpaired) electrons. The number of hydrogen-bond acceptors (Lipinski definition) is 5. The molecule has 3 aliphatic heterocycles. The van der Waals surface area contributed by atoms with Crippen LogP contribution in [0.1, 0.15) is 18.9 Å². The minimum Gasteiger partial charge on any atom is -0.493 e. The lowest BCUT2D eigenvalue weighted by molar-refractivity contribution is 0.0161. The highest BCUT2D eigenvalue weighted by Gasteiger charge is 2.40. The van der Waals surface area contributed by atoms with Gasteiger partial charge in [0.25, 0.3) is 5.92 Å². The van der Waals surface area contributed by atoms with E-state index in [2.05, 4.69) is 5.32 Å². The number of benzene rings is 1. The SMILES string of the molecule is C[C@@H]1NC(=O)N(c2nc3c4c(ccc3s2)OCC4)/C1=C/N1CCC(F)(F)C1. The van der Waals surface area contributed by atoms with E-state index < -0.39 is 5.92 Å². The Morgan fingerprint density at radius 2 is 2.30 bits per heavy atom. The maximum absolute atomic E-state index is 13.5. The standard InChI is InChI=1S/C18H18F2N4O2S/c1-10-12(8-23-6-5-18(19,20)9-23)24(16(25)21-10)17-22-15-11-4-7-26-13(11)2-3-14(15)27-17/h2-3,8,10H,4-7,9H2,1H3,(H,21,25)/b12-8+/t10-/m0/s1. The quantitative estimate of drug-likeness (QED) is 0.852. The first-order chi connectivity index (χ1) is 12.9. The molecule has 27 heavy (non-hydrogen) atoms. The van der Waals surface area contributed by atoms with Crippen molar-refractivity contribution in [2.45, 2.75) is 31.7 Å². The fourth-order valence-corrected chi connectivity index (χ4v) is 4.83. The van der Waals surface area contributed by atoms with Crippen LogP contribution < -0.4 is 15.0 Å². The molecule has 9 heteroatoms. The third kappa shape index (κ3) is 2.72. The van der Waals surface area contributed by atoms with Crippen LogP contribution in [0.3, 0.4) is 0 Å². The minimum absolute atomic E-state index is 0.167. The molecule has 2 aromatic rings. The molecule has 2 amide bonds. The Bertz CT molecular complexity index is 974. The fourth-order valence-electron chi connectivity index (χ4n) is 3.81. The number of nitrogens with one attached hydrogen (secondary N) is 1. The maximum atomic E-state index is 13.5. The van der Waals surface area contributed by atoms with Gasteiger partial charge in [0.15, 0.2) is 5.13 Å². The summed E-state index contributed by atoms with van der Waals surface area (Å²) in [5.41, 5.74) is 2.56. The molecule has 6 nitrogen and oxygen atoms in total. The number of amides is 2. The Morgan fingerprint density at radius 3 is 3.07 bits per heavy atom. The maximum Gasteiger partial charge on any atom is 0.328 e. The van der Waals surface area contributed by atoms with Gasteiger partial charge in [-0.25, -0.2) is 23.5 Å². The van der Waals surface area contributed by atoms with E-state index in [1.54, 1.807) is 11.1 Å². The van der Waals surface area contributed by atoms with Gasteiger partial charge in [0, 0.05) is 31.1 Å². The highest BCUT2D eigenvalue weighted by Crippen LogP contribution is 2.40. The van der Waals surface area contributed by atoms with Crippen LogP contribution in [-0.4, -0.2) is 47.6 Å². The Labute approximate surface area is 158 Å². The normalized spacial score (nSPS) is 25.4. The molecule has 0 saturated carbocycles. The zero-order valence-corrected chi connectivity index (χ0v) is 15.5. The number of rotatable bonds is 2. The van der Waals surface area contributed by atoms with Gasteiger partial charge in [-0.3, -0.25) is 0 Å². The van der Waals surface area contributed by atoms with Crippen LogP contribution in [0.15, 0.2) is 24.0 Å². The largest absolute Gasteiger partial charge is 0.493 e. The van der Waals surface area contributed by atoms with Gasteiger partial charge in [0.2, 0.25) is 0 Å². The second-order valence-electron chi connectivity index (χ2n) is 7.12. The second kappa shape index (κ2) is 5.79. The summed E-state index contributed by atoms with van der Waals surface area (Å²) in [6.07, 6.45) is 2.30. The van der Waals surface area contributed by atoms with E-state index in [4.69, 9.17) is 9.72 Å². The van der Waals surface area contributed by atoms with E-state index in [9.17, 15) is 13.6 Å². The van der Waals surface area contributed by atoms with Gasteiger partial charge in [-0.05, 0) is 19.1 Å². The molecule has 2 saturated heterocycles. The number of aromatic nitrogens is 1. The first-order valence-electron chi connectivity index (χ1n) is 8.91. The summed E-state index contributed by atoms with van der Waals surface area (Å²) < 4.78 is 33.7. The van der Waals surface area contributed by atoms with Gasteiger partial charge >= 0.3 is 6.03 Å². The van der Waals surface area contributed by atoms with Crippen molar-refractivity contribution in [2.75, 3.05) is 24.6 Å². The predicted octanol–water partition coefficient (Wildman–Crippen LogP) is 3.33. The summed E-state index contributed by atoms with van der Waals surface area (Å²) in [7, 11) is 0. The van der Waals surface area contributed by atoms with Crippen LogP contribution in [0.2, 0.25) is 0 Å². The molecule has 0 spiro atoms. The lowest BCUT2D eigenvalue weighted by atomic mass is 10.1. The first-order valence-corrected chi connectivity index (χ1v) is 9.72. The predicted molar refractivity (Wildman–Crippen MR) is 98.5 cm³/mol. The van der Waals surface area contributed by atoms with Crippen molar-refractivity contribution in [2.24, 2.45) is 0 Å². The van der Waals surface area contributed by atoms with E-state index in [0.29, 0.717) is 17.4 Å². The van der Waals surface area contributed by atoms with E-state index in [1.165, 1.54) is 16.2 Å². The number of carbonyl (C=O) groups excluding carboxylic acids is 1. The highest BCUT2D eigenvalue weighted by atomic mass is 32.1. The summed E-state index contributed by atoms with van der Waals surface area (Å²) in [4.78, 5) is 20.3. The van der Waals surface area contributed by atoms with Crippen LogP contribution in [-0.2, 0) is 6.42 Å². The smallest absolute Gasteiger partial charge is 0.328 e. The molecule has 2 fully saturated rings. The summed E-state index contributed by atoms with van der Waals surface area (Å²) >= 11 is 1.42. The van der Waals surface area contributed by atoms with Crippen molar-refractivity contribution in [1.29, 1.82) is 0 Å². The molecule has 0 unspecified atom stereocenters. The summed E-state index contributed by atoms with van der Waals surface area (Å²) in [6, 6.07) is 3.32. The van der Waals surface area contributed by atoms with E-state index in [1.807, 2.05) is 19.1 Å². The highest BCUT2D eigenvalue weighted by molar-refractivity contribution is 7.22.